The number of anilines is 1. The van der Waals surface area contributed by atoms with Crippen LogP contribution in [0.5, 0.6) is 0 Å². The fourth-order valence-electron chi connectivity index (χ4n) is 2.78. The van der Waals surface area contributed by atoms with Crippen LogP contribution in [0, 0.1) is 11.6 Å². The molecular formula is C20H23F2IN4. The van der Waals surface area contributed by atoms with Crippen molar-refractivity contribution in [1.29, 1.82) is 0 Å². The Morgan fingerprint density at radius 1 is 1.00 bits per heavy atom. The molecule has 7 heteroatoms. The van der Waals surface area contributed by atoms with E-state index in [2.05, 4.69) is 56.9 Å². The molecular weight excluding hydrogens is 461 g/mol. The molecule has 1 heterocycles. The first-order valence-corrected chi connectivity index (χ1v) is 8.53. The van der Waals surface area contributed by atoms with Gasteiger partial charge >= 0.3 is 0 Å². The highest BCUT2D eigenvalue weighted by molar-refractivity contribution is 14.0. The quantitative estimate of drug-likeness (QED) is 0.294. The molecule has 2 aromatic carbocycles. The highest BCUT2D eigenvalue weighted by atomic mass is 127. The Balaban J connectivity index is 0.00000261. The smallest absolute Gasteiger partial charge is 0.191 e. The number of hydrogen-bond donors (Lipinski definition) is 2. The Bertz CT molecular complexity index is 798. The van der Waals surface area contributed by atoms with E-state index >= 15 is 0 Å². The van der Waals surface area contributed by atoms with E-state index in [0.29, 0.717) is 12.5 Å². The van der Waals surface area contributed by atoms with Gasteiger partial charge in [-0.15, -0.1) is 24.0 Å². The van der Waals surface area contributed by atoms with Gasteiger partial charge < -0.3 is 15.5 Å². The van der Waals surface area contributed by atoms with E-state index in [-0.39, 0.29) is 36.1 Å². The molecule has 1 aliphatic rings. The minimum Gasteiger partial charge on any atom is -0.364 e. The van der Waals surface area contributed by atoms with Crippen LogP contribution in [0.25, 0.3) is 0 Å². The lowest BCUT2D eigenvalue weighted by molar-refractivity contribution is 0.581. The van der Waals surface area contributed by atoms with Crippen LogP contribution < -0.4 is 15.5 Å². The highest BCUT2D eigenvalue weighted by Crippen LogP contribution is 2.17. The summed E-state index contributed by atoms with van der Waals surface area (Å²) in [6.45, 7) is 2.64. The molecule has 0 saturated heterocycles. The minimum atomic E-state index is -0.459. The van der Waals surface area contributed by atoms with Gasteiger partial charge in [-0.2, -0.15) is 0 Å². The number of halogens is 3. The van der Waals surface area contributed by atoms with Crippen molar-refractivity contribution >= 4 is 35.6 Å². The van der Waals surface area contributed by atoms with Crippen molar-refractivity contribution in [2.24, 2.45) is 4.99 Å². The van der Waals surface area contributed by atoms with Crippen molar-refractivity contribution in [1.82, 2.24) is 10.6 Å². The molecule has 1 aliphatic heterocycles. The van der Waals surface area contributed by atoms with E-state index in [9.17, 15) is 8.78 Å². The zero-order valence-corrected chi connectivity index (χ0v) is 17.4. The highest BCUT2D eigenvalue weighted by Gasteiger charge is 2.08. The molecule has 27 heavy (non-hydrogen) atoms. The van der Waals surface area contributed by atoms with Gasteiger partial charge in [0.05, 0.1) is 0 Å². The molecule has 0 radical (unpaired) electrons. The molecule has 0 amide bonds. The van der Waals surface area contributed by atoms with E-state index in [1.807, 2.05) is 0 Å². The van der Waals surface area contributed by atoms with Crippen LogP contribution in [-0.4, -0.2) is 26.1 Å². The molecule has 0 saturated carbocycles. The van der Waals surface area contributed by atoms with E-state index in [1.54, 1.807) is 7.05 Å². The normalized spacial score (nSPS) is 13.4. The lowest BCUT2D eigenvalue weighted by atomic mass is 10.2. The molecule has 0 aliphatic carbocycles. The lowest BCUT2D eigenvalue weighted by Gasteiger charge is -2.18. The summed E-state index contributed by atoms with van der Waals surface area (Å²) in [5.74, 6) is -0.373. The Kier molecular flexibility index (Phi) is 8.02. The molecule has 0 atom stereocenters. The van der Waals surface area contributed by atoms with Gasteiger partial charge in [0.15, 0.2) is 5.96 Å². The van der Waals surface area contributed by atoms with Crippen molar-refractivity contribution < 1.29 is 8.78 Å². The average Bonchev–Trinajstić information content (AvgIpc) is 3.20. The fourth-order valence-corrected chi connectivity index (χ4v) is 2.78. The van der Waals surface area contributed by atoms with Gasteiger partial charge in [-0.3, -0.25) is 4.99 Å². The number of nitrogens with zero attached hydrogens (tertiary/aromatic N) is 2. The molecule has 2 aromatic rings. The Morgan fingerprint density at radius 3 is 2.33 bits per heavy atom. The number of hydrogen-bond acceptors (Lipinski definition) is 2. The summed E-state index contributed by atoms with van der Waals surface area (Å²) < 4.78 is 26.9. The van der Waals surface area contributed by atoms with Crippen molar-refractivity contribution in [3.8, 4) is 0 Å². The topological polar surface area (TPSA) is 39.7 Å². The van der Waals surface area contributed by atoms with E-state index in [1.165, 1.54) is 11.8 Å². The van der Waals surface area contributed by atoms with Crippen LogP contribution in [-0.2, 0) is 13.1 Å². The van der Waals surface area contributed by atoms with Crippen molar-refractivity contribution in [3.05, 3.63) is 77.4 Å². The number of nitrogens with one attached hydrogen (secondary N) is 2. The zero-order chi connectivity index (χ0) is 18.4. The number of benzene rings is 2. The average molecular weight is 484 g/mol. The summed E-state index contributed by atoms with van der Waals surface area (Å²) in [4.78, 5) is 6.40. The van der Waals surface area contributed by atoms with Crippen LogP contribution >= 0.6 is 24.0 Å². The number of guanidine groups is 1. The van der Waals surface area contributed by atoms with Crippen LogP contribution in [0.2, 0.25) is 0 Å². The summed E-state index contributed by atoms with van der Waals surface area (Å²) >= 11 is 0. The van der Waals surface area contributed by atoms with Gasteiger partial charge in [0.1, 0.15) is 11.6 Å². The summed E-state index contributed by atoms with van der Waals surface area (Å²) in [5.41, 5.74) is 2.57. The number of aliphatic imine (C=N–C) groups is 1. The first-order valence-electron chi connectivity index (χ1n) is 8.53. The SMILES string of the molecule is CN=C(NCc1ccc(N2CC=CC2)cc1)NCc1cc(F)ccc1F.I. The summed E-state index contributed by atoms with van der Waals surface area (Å²) in [5, 5.41) is 6.17. The van der Waals surface area contributed by atoms with Crippen LogP contribution in [0.3, 0.4) is 0 Å². The van der Waals surface area contributed by atoms with E-state index < -0.39 is 11.6 Å². The second-order valence-corrected chi connectivity index (χ2v) is 6.06. The van der Waals surface area contributed by atoms with E-state index in [4.69, 9.17) is 0 Å². The molecule has 2 N–H and O–H groups in total. The van der Waals surface area contributed by atoms with Crippen molar-refractivity contribution in [3.63, 3.8) is 0 Å². The van der Waals surface area contributed by atoms with Gasteiger partial charge in [0.25, 0.3) is 0 Å². The maximum Gasteiger partial charge on any atom is 0.191 e. The standard InChI is InChI=1S/C20H22F2N4.HI/c1-23-20(25-14-16-12-17(21)6-9-19(16)22)24-13-15-4-7-18(8-5-15)26-10-2-3-11-26;/h2-9,12H,10-11,13-14H2,1H3,(H2,23,24,25);1H. The summed E-state index contributed by atoms with van der Waals surface area (Å²) in [6.07, 6.45) is 4.32. The second-order valence-electron chi connectivity index (χ2n) is 6.06. The largest absolute Gasteiger partial charge is 0.364 e. The van der Waals surface area contributed by atoms with Gasteiger partial charge in [0, 0.05) is 44.5 Å². The van der Waals surface area contributed by atoms with E-state index in [0.717, 1.165) is 30.8 Å². The van der Waals surface area contributed by atoms with Gasteiger partial charge in [-0.25, -0.2) is 8.78 Å². The number of rotatable bonds is 5. The van der Waals surface area contributed by atoms with Gasteiger partial charge in [0.2, 0.25) is 0 Å². The van der Waals surface area contributed by atoms with Crippen molar-refractivity contribution in [2.45, 2.75) is 13.1 Å². The third-order valence-corrected chi connectivity index (χ3v) is 4.26. The molecule has 0 bridgehead atoms. The molecule has 3 rings (SSSR count). The maximum absolute atomic E-state index is 13.7. The van der Waals surface area contributed by atoms with Crippen LogP contribution in [0.4, 0.5) is 14.5 Å². The third kappa shape index (κ3) is 5.92. The first kappa shape index (κ1) is 21.1. The summed E-state index contributed by atoms with van der Waals surface area (Å²) in [7, 11) is 1.64. The predicted octanol–water partition coefficient (Wildman–Crippen LogP) is 3.82. The van der Waals surface area contributed by atoms with Gasteiger partial charge in [-0.1, -0.05) is 24.3 Å². The fraction of sp³-hybridized carbons (Fsp3) is 0.250. The molecule has 4 nitrogen and oxygen atoms in total. The summed E-state index contributed by atoms with van der Waals surface area (Å²) in [6, 6.07) is 11.8. The van der Waals surface area contributed by atoms with Crippen molar-refractivity contribution in [2.75, 3.05) is 25.0 Å². The van der Waals surface area contributed by atoms with Gasteiger partial charge in [-0.05, 0) is 35.9 Å². The monoisotopic (exact) mass is 484 g/mol. The Labute approximate surface area is 175 Å². The molecule has 0 spiro atoms. The Hall–Kier alpha value is -2.16. The van der Waals surface area contributed by atoms with Crippen LogP contribution in [0.15, 0.2) is 59.6 Å². The first-order chi connectivity index (χ1) is 12.7. The molecule has 0 fully saturated rings. The molecule has 0 aromatic heterocycles. The van der Waals surface area contributed by atoms with Crippen LogP contribution in [0.1, 0.15) is 11.1 Å². The second kappa shape index (κ2) is 10.2. The lowest BCUT2D eigenvalue weighted by Crippen LogP contribution is -2.36. The Morgan fingerprint density at radius 2 is 1.67 bits per heavy atom. The minimum absolute atomic E-state index is 0. The third-order valence-electron chi connectivity index (χ3n) is 4.26. The molecule has 0 unspecified atom stereocenters. The maximum atomic E-state index is 13.7. The molecule has 144 valence electrons. The zero-order valence-electron chi connectivity index (χ0n) is 15.1. The predicted molar refractivity (Wildman–Crippen MR) is 117 cm³/mol.